The Hall–Kier alpha value is -1.19. The van der Waals surface area contributed by atoms with Gasteiger partial charge in [-0.15, -0.1) is 0 Å². The Balaban J connectivity index is 2.05. The maximum absolute atomic E-state index is 9.31. The van der Waals surface area contributed by atoms with Gasteiger partial charge in [-0.25, -0.2) is 0 Å². The Morgan fingerprint density at radius 1 is 1.18 bits per heavy atom. The first kappa shape index (κ1) is 12.3. The third-order valence-electron chi connectivity index (χ3n) is 2.33. The van der Waals surface area contributed by atoms with Gasteiger partial charge in [0.2, 0.25) is 0 Å². The van der Waals surface area contributed by atoms with E-state index in [2.05, 4.69) is 21.2 Å². The molecule has 0 aliphatic carbocycles. The van der Waals surface area contributed by atoms with Crippen molar-refractivity contribution in [3.63, 3.8) is 0 Å². The largest absolute Gasteiger partial charge is 0.506 e. The highest BCUT2D eigenvalue weighted by molar-refractivity contribution is 9.10. The van der Waals surface area contributed by atoms with Crippen molar-refractivity contribution in [1.29, 1.82) is 0 Å². The molecule has 2 nitrogen and oxygen atoms in total. The van der Waals surface area contributed by atoms with E-state index < -0.39 is 0 Å². The number of halogens is 2. The first-order chi connectivity index (χ1) is 8.15. The summed E-state index contributed by atoms with van der Waals surface area (Å²) in [5.41, 5.74) is 2.05. The molecule has 0 unspecified atom stereocenters. The number of hydrogen-bond acceptors (Lipinski definition) is 2. The molecule has 88 valence electrons. The predicted molar refractivity (Wildman–Crippen MR) is 74.6 cm³/mol. The van der Waals surface area contributed by atoms with Crippen molar-refractivity contribution in [1.82, 2.24) is 0 Å². The topological polar surface area (TPSA) is 32.3 Å². The van der Waals surface area contributed by atoms with Crippen LogP contribution < -0.4 is 5.32 Å². The number of benzene rings is 2. The SMILES string of the molecule is Oc1ccc(CNc2cccc(Br)c2)cc1Cl. The van der Waals surface area contributed by atoms with E-state index in [-0.39, 0.29) is 5.75 Å². The van der Waals surface area contributed by atoms with Gasteiger partial charge in [0, 0.05) is 16.7 Å². The molecule has 0 saturated carbocycles. The molecule has 17 heavy (non-hydrogen) atoms. The molecule has 0 aliphatic heterocycles. The second kappa shape index (κ2) is 5.43. The lowest BCUT2D eigenvalue weighted by Crippen LogP contribution is -1.98. The number of phenols is 1. The molecule has 0 bridgehead atoms. The number of anilines is 1. The second-order valence-electron chi connectivity index (χ2n) is 3.65. The van der Waals surface area contributed by atoms with Gasteiger partial charge >= 0.3 is 0 Å². The maximum atomic E-state index is 9.31. The normalized spacial score (nSPS) is 10.2. The molecule has 0 saturated heterocycles. The van der Waals surface area contributed by atoms with Gasteiger partial charge in [-0.05, 0) is 35.9 Å². The third kappa shape index (κ3) is 3.38. The minimum atomic E-state index is 0.109. The number of hydrogen-bond donors (Lipinski definition) is 2. The van der Waals surface area contributed by atoms with Crippen LogP contribution in [0.5, 0.6) is 5.75 Å². The minimum absolute atomic E-state index is 0.109. The average molecular weight is 313 g/mol. The van der Waals surface area contributed by atoms with Crippen LogP contribution in [0.25, 0.3) is 0 Å². The van der Waals surface area contributed by atoms with Crippen LogP contribution in [0.3, 0.4) is 0 Å². The summed E-state index contributed by atoms with van der Waals surface area (Å²) >= 11 is 9.25. The van der Waals surface area contributed by atoms with Gasteiger partial charge in [0.05, 0.1) is 5.02 Å². The van der Waals surface area contributed by atoms with Crippen LogP contribution >= 0.6 is 27.5 Å². The number of rotatable bonds is 3. The van der Waals surface area contributed by atoms with Crippen LogP contribution in [0.4, 0.5) is 5.69 Å². The smallest absolute Gasteiger partial charge is 0.134 e. The van der Waals surface area contributed by atoms with Gasteiger partial charge in [-0.2, -0.15) is 0 Å². The van der Waals surface area contributed by atoms with Crippen LogP contribution in [-0.4, -0.2) is 5.11 Å². The molecule has 2 N–H and O–H groups in total. The van der Waals surface area contributed by atoms with E-state index in [1.165, 1.54) is 0 Å². The van der Waals surface area contributed by atoms with Crippen LogP contribution in [0.1, 0.15) is 5.56 Å². The predicted octanol–water partition coefficient (Wildman–Crippen LogP) is 4.42. The molecular weight excluding hydrogens is 302 g/mol. The van der Waals surface area contributed by atoms with Crippen molar-refractivity contribution in [3.8, 4) is 5.75 Å². The summed E-state index contributed by atoms with van der Waals surface area (Å²) in [6.07, 6.45) is 0. The van der Waals surface area contributed by atoms with E-state index in [0.29, 0.717) is 11.6 Å². The summed E-state index contributed by atoms with van der Waals surface area (Å²) in [6.45, 7) is 0.663. The lowest BCUT2D eigenvalue weighted by Gasteiger charge is -2.07. The van der Waals surface area contributed by atoms with Gasteiger partial charge in [0.15, 0.2) is 0 Å². The van der Waals surface area contributed by atoms with Crippen LogP contribution in [0, 0.1) is 0 Å². The molecular formula is C13H11BrClNO. The summed E-state index contributed by atoms with van der Waals surface area (Å²) in [5.74, 6) is 0.109. The fourth-order valence-corrected chi connectivity index (χ4v) is 2.07. The minimum Gasteiger partial charge on any atom is -0.506 e. The van der Waals surface area contributed by atoms with Crippen LogP contribution in [-0.2, 0) is 6.54 Å². The molecule has 2 rings (SSSR count). The third-order valence-corrected chi connectivity index (χ3v) is 3.13. The zero-order valence-electron chi connectivity index (χ0n) is 8.95. The first-order valence-electron chi connectivity index (χ1n) is 5.12. The van der Waals surface area contributed by atoms with Crippen LogP contribution in [0.15, 0.2) is 46.9 Å². The quantitative estimate of drug-likeness (QED) is 0.879. The van der Waals surface area contributed by atoms with Crippen molar-refractivity contribution < 1.29 is 5.11 Å². The van der Waals surface area contributed by atoms with Crippen LogP contribution in [0.2, 0.25) is 5.02 Å². The molecule has 0 aromatic heterocycles. The molecule has 0 spiro atoms. The second-order valence-corrected chi connectivity index (χ2v) is 4.97. The van der Waals surface area contributed by atoms with Gasteiger partial charge in [0.1, 0.15) is 5.75 Å². The summed E-state index contributed by atoms with van der Waals surface area (Å²) in [4.78, 5) is 0. The van der Waals surface area contributed by atoms with Crippen molar-refractivity contribution in [2.75, 3.05) is 5.32 Å². The Labute approximate surface area is 113 Å². The zero-order chi connectivity index (χ0) is 12.3. The summed E-state index contributed by atoms with van der Waals surface area (Å²) in [7, 11) is 0. The van der Waals surface area contributed by atoms with E-state index in [1.54, 1.807) is 12.1 Å². The van der Waals surface area contributed by atoms with E-state index >= 15 is 0 Å². The van der Waals surface area contributed by atoms with Crippen molar-refractivity contribution >= 4 is 33.2 Å². The lowest BCUT2D eigenvalue weighted by atomic mass is 10.2. The Bertz CT molecular complexity index is 531. The lowest BCUT2D eigenvalue weighted by molar-refractivity contribution is 0.475. The molecule has 2 aromatic rings. The number of phenolic OH excluding ortho intramolecular Hbond substituents is 1. The van der Waals surface area contributed by atoms with E-state index in [4.69, 9.17) is 11.6 Å². The van der Waals surface area contributed by atoms with E-state index in [9.17, 15) is 5.11 Å². The molecule has 0 fully saturated rings. The average Bonchev–Trinajstić information content (AvgIpc) is 2.31. The monoisotopic (exact) mass is 311 g/mol. The zero-order valence-corrected chi connectivity index (χ0v) is 11.3. The van der Waals surface area contributed by atoms with E-state index in [1.807, 2.05) is 30.3 Å². The molecule has 0 aliphatic rings. The standard InChI is InChI=1S/C13H11BrClNO/c14-10-2-1-3-11(7-10)16-8-9-4-5-13(17)12(15)6-9/h1-7,16-17H,8H2. The fraction of sp³-hybridized carbons (Fsp3) is 0.0769. The van der Waals surface area contributed by atoms with Crippen molar-refractivity contribution in [3.05, 3.63) is 57.5 Å². The molecule has 0 amide bonds. The van der Waals surface area contributed by atoms with Gasteiger partial charge < -0.3 is 10.4 Å². The molecule has 0 heterocycles. The van der Waals surface area contributed by atoms with Crippen molar-refractivity contribution in [2.24, 2.45) is 0 Å². The molecule has 0 atom stereocenters. The summed E-state index contributed by atoms with van der Waals surface area (Å²) in [5, 5.41) is 13.0. The maximum Gasteiger partial charge on any atom is 0.134 e. The Morgan fingerprint density at radius 3 is 2.71 bits per heavy atom. The highest BCUT2D eigenvalue weighted by Crippen LogP contribution is 2.24. The van der Waals surface area contributed by atoms with E-state index in [0.717, 1.165) is 15.7 Å². The molecule has 2 aromatic carbocycles. The number of aromatic hydroxyl groups is 1. The van der Waals surface area contributed by atoms with Crippen molar-refractivity contribution in [2.45, 2.75) is 6.54 Å². The van der Waals surface area contributed by atoms with Gasteiger partial charge in [-0.1, -0.05) is 39.7 Å². The summed E-state index contributed by atoms with van der Waals surface area (Å²) < 4.78 is 1.03. The molecule has 0 radical (unpaired) electrons. The first-order valence-corrected chi connectivity index (χ1v) is 6.29. The number of nitrogens with one attached hydrogen (secondary N) is 1. The summed E-state index contributed by atoms with van der Waals surface area (Å²) in [6, 6.07) is 13.1. The Morgan fingerprint density at radius 2 is 2.00 bits per heavy atom. The highest BCUT2D eigenvalue weighted by atomic mass is 79.9. The van der Waals surface area contributed by atoms with Gasteiger partial charge in [0.25, 0.3) is 0 Å². The fourth-order valence-electron chi connectivity index (χ4n) is 1.46. The molecule has 4 heteroatoms. The highest BCUT2D eigenvalue weighted by Gasteiger charge is 2.00. The Kier molecular flexibility index (Phi) is 3.92. The van der Waals surface area contributed by atoms with Gasteiger partial charge in [-0.3, -0.25) is 0 Å².